The van der Waals surface area contributed by atoms with E-state index in [0.29, 0.717) is 12.8 Å². The Bertz CT molecular complexity index is 535. The van der Waals surface area contributed by atoms with Crippen molar-refractivity contribution in [2.75, 3.05) is 7.11 Å². The van der Waals surface area contributed by atoms with Crippen molar-refractivity contribution in [3.8, 4) is 0 Å². The summed E-state index contributed by atoms with van der Waals surface area (Å²) in [5.41, 5.74) is -1.04. The Labute approximate surface area is 124 Å². The average Bonchev–Trinajstić information content (AvgIpc) is 2.53. The molecule has 0 radical (unpaired) electrons. The summed E-state index contributed by atoms with van der Waals surface area (Å²) in [6, 6.07) is 9.33. The van der Waals surface area contributed by atoms with E-state index in [1.807, 2.05) is 30.3 Å². The monoisotopic (exact) mass is 288 g/mol. The van der Waals surface area contributed by atoms with Crippen molar-refractivity contribution in [1.82, 2.24) is 0 Å². The fraction of sp³-hybridized carbons (Fsp3) is 0.412. The van der Waals surface area contributed by atoms with E-state index in [9.17, 15) is 14.7 Å². The molecule has 0 unspecified atom stereocenters. The molecule has 1 N–H and O–H groups in total. The minimum absolute atomic E-state index is 0.0770. The van der Waals surface area contributed by atoms with E-state index in [0.717, 1.165) is 18.4 Å². The summed E-state index contributed by atoms with van der Waals surface area (Å²) in [7, 11) is 1.22. The number of carbonyl (C=O) groups is 2. The molecule has 0 bridgehead atoms. The molecule has 0 heterocycles. The highest BCUT2D eigenvalue weighted by Gasteiger charge is 2.47. The van der Waals surface area contributed by atoms with Crippen LogP contribution in [0.25, 0.3) is 6.08 Å². The molecule has 0 amide bonds. The molecule has 1 aromatic carbocycles. The summed E-state index contributed by atoms with van der Waals surface area (Å²) in [4.78, 5) is 24.1. The lowest BCUT2D eigenvalue weighted by Crippen LogP contribution is -2.49. The normalized spacial score (nSPS) is 22.0. The second kappa shape index (κ2) is 6.68. The molecule has 112 valence electrons. The molecular weight excluding hydrogens is 268 g/mol. The van der Waals surface area contributed by atoms with Gasteiger partial charge in [0.25, 0.3) is 0 Å². The minimum atomic E-state index is -1.89. The Hall–Kier alpha value is -1.94. The lowest BCUT2D eigenvalue weighted by atomic mass is 9.75. The minimum Gasteiger partial charge on any atom is -0.467 e. The number of Topliss-reactive ketones (excluding diaryl/α,β-unsaturated/α-hetero) is 1. The quantitative estimate of drug-likeness (QED) is 0.864. The molecule has 1 saturated carbocycles. The van der Waals surface area contributed by atoms with E-state index in [1.54, 1.807) is 6.08 Å². The second-order valence-electron chi connectivity index (χ2n) is 5.33. The van der Waals surface area contributed by atoms with Gasteiger partial charge in [-0.15, -0.1) is 0 Å². The van der Waals surface area contributed by atoms with Crippen molar-refractivity contribution in [1.29, 1.82) is 0 Å². The molecule has 0 saturated heterocycles. The number of rotatable bonds is 4. The second-order valence-corrected chi connectivity index (χ2v) is 5.33. The maximum absolute atomic E-state index is 12.1. The standard InChI is InChI=1S/C17H20O4/c1-21-16(19)17(20,14-9-5-6-10-15(14)18)12-11-13-7-3-2-4-8-13/h2-4,7-8,11-12,14,20H,5-6,9-10H2,1H3/b12-11+/t14-,17-/m1/s1. The van der Waals surface area contributed by atoms with Crippen LogP contribution < -0.4 is 0 Å². The van der Waals surface area contributed by atoms with E-state index in [2.05, 4.69) is 0 Å². The van der Waals surface area contributed by atoms with Gasteiger partial charge >= 0.3 is 5.97 Å². The van der Waals surface area contributed by atoms with Crippen molar-refractivity contribution in [2.45, 2.75) is 31.3 Å². The number of hydrogen-bond acceptors (Lipinski definition) is 4. The van der Waals surface area contributed by atoms with Crippen LogP contribution in [0.15, 0.2) is 36.4 Å². The zero-order valence-corrected chi connectivity index (χ0v) is 12.1. The molecule has 4 heteroatoms. The molecule has 4 nitrogen and oxygen atoms in total. The molecule has 0 aliphatic heterocycles. The lowest BCUT2D eigenvalue weighted by molar-refractivity contribution is -0.166. The van der Waals surface area contributed by atoms with Gasteiger partial charge in [0.1, 0.15) is 5.78 Å². The Morgan fingerprint density at radius 2 is 2.05 bits per heavy atom. The summed E-state index contributed by atoms with van der Waals surface area (Å²) in [6.07, 6.45) is 5.59. The van der Waals surface area contributed by atoms with Gasteiger partial charge in [0.15, 0.2) is 5.60 Å². The van der Waals surface area contributed by atoms with Gasteiger partial charge in [0, 0.05) is 6.42 Å². The Morgan fingerprint density at radius 1 is 1.33 bits per heavy atom. The first kappa shape index (κ1) is 15.4. The van der Waals surface area contributed by atoms with Crippen LogP contribution in [0.4, 0.5) is 0 Å². The van der Waals surface area contributed by atoms with E-state index >= 15 is 0 Å². The van der Waals surface area contributed by atoms with Crippen LogP contribution >= 0.6 is 0 Å². The SMILES string of the molecule is COC(=O)[C@@](O)(/C=C/c1ccccc1)[C@@H]1CCCCC1=O. The number of carbonyl (C=O) groups excluding carboxylic acids is 2. The highest BCUT2D eigenvalue weighted by Crippen LogP contribution is 2.32. The van der Waals surface area contributed by atoms with E-state index in [-0.39, 0.29) is 5.78 Å². The Morgan fingerprint density at radius 3 is 2.67 bits per heavy atom. The van der Waals surface area contributed by atoms with Gasteiger partial charge in [-0.3, -0.25) is 4.79 Å². The van der Waals surface area contributed by atoms with E-state index in [1.165, 1.54) is 13.2 Å². The van der Waals surface area contributed by atoms with Crippen molar-refractivity contribution in [2.24, 2.45) is 5.92 Å². The van der Waals surface area contributed by atoms with Gasteiger partial charge < -0.3 is 9.84 Å². The van der Waals surface area contributed by atoms with Gasteiger partial charge in [-0.1, -0.05) is 42.8 Å². The molecule has 2 rings (SSSR count). The molecule has 1 fully saturated rings. The lowest BCUT2D eigenvalue weighted by Gasteiger charge is -2.32. The molecule has 21 heavy (non-hydrogen) atoms. The number of esters is 1. The highest BCUT2D eigenvalue weighted by molar-refractivity contribution is 5.93. The molecular formula is C17H20O4. The van der Waals surface area contributed by atoms with Crippen LogP contribution in [0.5, 0.6) is 0 Å². The van der Waals surface area contributed by atoms with Crippen molar-refractivity contribution >= 4 is 17.8 Å². The summed E-state index contributed by atoms with van der Waals surface area (Å²) in [5.74, 6) is -1.58. The fourth-order valence-electron chi connectivity index (χ4n) is 2.73. The maximum atomic E-state index is 12.1. The number of ketones is 1. The fourth-order valence-corrected chi connectivity index (χ4v) is 2.73. The van der Waals surface area contributed by atoms with Crippen molar-refractivity contribution < 1.29 is 19.4 Å². The molecule has 2 atom stereocenters. The first-order chi connectivity index (χ1) is 10.1. The van der Waals surface area contributed by atoms with Gasteiger partial charge in [-0.25, -0.2) is 4.79 Å². The number of aliphatic hydroxyl groups is 1. The van der Waals surface area contributed by atoms with Gasteiger partial charge in [0.05, 0.1) is 13.0 Å². The van der Waals surface area contributed by atoms with Crippen LogP contribution in [0, 0.1) is 5.92 Å². The van der Waals surface area contributed by atoms with Crippen LogP contribution in [-0.4, -0.2) is 29.6 Å². The summed E-state index contributed by atoms with van der Waals surface area (Å²) >= 11 is 0. The first-order valence-electron chi connectivity index (χ1n) is 7.15. The van der Waals surface area contributed by atoms with Crippen LogP contribution in [0.1, 0.15) is 31.2 Å². The Kier molecular flexibility index (Phi) is 4.91. The average molecular weight is 288 g/mol. The topological polar surface area (TPSA) is 63.6 Å². The molecule has 0 aromatic heterocycles. The smallest absolute Gasteiger partial charge is 0.342 e. The van der Waals surface area contributed by atoms with Crippen LogP contribution in [0.2, 0.25) is 0 Å². The number of methoxy groups -OCH3 is 1. The number of benzene rings is 1. The molecule has 1 aliphatic rings. The van der Waals surface area contributed by atoms with E-state index in [4.69, 9.17) is 4.74 Å². The van der Waals surface area contributed by atoms with Gasteiger partial charge in [0.2, 0.25) is 0 Å². The third-order valence-corrected chi connectivity index (χ3v) is 3.93. The molecule has 1 aliphatic carbocycles. The summed E-state index contributed by atoms with van der Waals surface area (Å²) < 4.78 is 4.71. The van der Waals surface area contributed by atoms with Gasteiger partial charge in [-0.2, -0.15) is 0 Å². The predicted molar refractivity (Wildman–Crippen MR) is 79.4 cm³/mol. The predicted octanol–water partition coefficient (Wildman–Crippen LogP) is 2.36. The third-order valence-electron chi connectivity index (χ3n) is 3.93. The number of ether oxygens (including phenoxy) is 1. The molecule has 1 aromatic rings. The third kappa shape index (κ3) is 3.39. The highest BCUT2D eigenvalue weighted by atomic mass is 16.5. The summed E-state index contributed by atoms with van der Waals surface area (Å²) in [6.45, 7) is 0. The van der Waals surface area contributed by atoms with Crippen molar-refractivity contribution in [3.63, 3.8) is 0 Å². The van der Waals surface area contributed by atoms with Crippen LogP contribution in [0.3, 0.4) is 0 Å². The number of hydrogen-bond donors (Lipinski definition) is 1. The zero-order valence-electron chi connectivity index (χ0n) is 12.1. The van der Waals surface area contributed by atoms with Crippen molar-refractivity contribution in [3.05, 3.63) is 42.0 Å². The zero-order chi connectivity index (χ0) is 15.3. The maximum Gasteiger partial charge on any atom is 0.342 e. The first-order valence-corrected chi connectivity index (χ1v) is 7.15. The largest absolute Gasteiger partial charge is 0.467 e. The molecule has 0 spiro atoms. The van der Waals surface area contributed by atoms with Gasteiger partial charge in [-0.05, 0) is 24.5 Å². The van der Waals surface area contributed by atoms with E-state index < -0.39 is 17.5 Å². The Balaban J connectivity index is 2.30. The summed E-state index contributed by atoms with van der Waals surface area (Å²) in [5, 5.41) is 10.8. The van der Waals surface area contributed by atoms with Crippen LogP contribution in [-0.2, 0) is 14.3 Å².